The first-order valence-corrected chi connectivity index (χ1v) is 5.00. The lowest BCUT2D eigenvalue weighted by atomic mass is 10.4. The van der Waals surface area contributed by atoms with Crippen LogP contribution in [-0.4, -0.2) is 19.5 Å². The van der Waals surface area contributed by atoms with Crippen molar-refractivity contribution in [3.63, 3.8) is 0 Å². The van der Waals surface area contributed by atoms with Crippen LogP contribution in [0.5, 0.6) is 0 Å². The van der Waals surface area contributed by atoms with E-state index >= 15 is 0 Å². The number of aromatic nitrogens is 4. The highest BCUT2D eigenvalue weighted by Gasteiger charge is 2.04. The zero-order chi connectivity index (χ0) is 10.8. The van der Waals surface area contributed by atoms with Gasteiger partial charge in [-0.3, -0.25) is 0 Å². The van der Waals surface area contributed by atoms with Crippen molar-refractivity contribution >= 4 is 11.6 Å². The van der Waals surface area contributed by atoms with Crippen LogP contribution in [0.2, 0.25) is 5.15 Å². The Morgan fingerprint density at radius 3 is 2.73 bits per heavy atom. The van der Waals surface area contributed by atoms with Gasteiger partial charge in [0, 0.05) is 11.9 Å². The second-order valence-electron chi connectivity index (χ2n) is 3.34. The molecule has 0 saturated carbocycles. The van der Waals surface area contributed by atoms with E-state index in [0.717, 1.165) is 11.4 Å². The Morgan fingerprint density at radius 2 is 2.13 bits per heavy atom. The van der Waals surface area contributed by atoms with Gasteiger partial charge in [-0.1, -0.05) is 11.6 Å². The fourth-order valence-corrected chi connectivity index (χ4v) is 1.46. The summed E-state index contributed by atoms with van der Waals surface area (Å²) in [6.45, 7) is 4.60. The van der Waals surface area contributed by atoms with E-state index in [1.807, 2.05) is 18.4 Å². The Kier molecular flexibility index (Phi) is 2.68. The summed E-state index contributed by atoms with van der Waals surface area (Å²) in [4.78, 5) is 12.5. The van der Waals surface area contributed by atoms with E-state index < -0.39 is 0 Å². The van der Waals surface area contributed by atoms with E-state index in [2.05, 4.69) is 15.0 Å². The Morgan fingerprint density at radius 1 is 1.33 bits per heavy atom. The molecule has 2 aromatic heterocycles. The van der Waals surface area contributed by atoms with Gasteiger partial charge < -0.3 is 4.57 Å². The molecule has 0 amide bonds. The molecule has 0 aliphatic carbocycles. The van der Waals surface area contributed by atoms with Crippen molar-refractivity contribution in [1.82, 2.24) is 19.5 Å². The van der Waals surface area contributed by atoms with E-state index in [1.165, 1.54) is 0 Å². The Labute approximate surface area is 93.0 Å². The molecule has 2 aromatic rings. The van der Waals surface area contributed by atoms with Gasteiger partial charge in [-0.05, 0) is 19.9 Å². The number of rotatable bonds is 2. The molecule has 0 aromatic carbocycles. The van der Waals surface area contributed by atoms with Gasteiger partial charge in [0.15, 0.2) is 0 Å². The molecule has 0 spiro atoms. The third-order valence-corrected chi connectivity index (χ3v) is 2.54. The number of hydrogen-bond acceptors (Lipinski definition) is 3. The maximum atomic E-state index is 5.78. The zero-order valence-electron chi connectivity index (χ0n) is 8.61. The van der Waals surface area contributed by atoms with Crippen LogP contribution in [0, 0.1) is 13.8 Å². The lowest BCUT2D eigenvalue weighted by molar-refractivity contribution is 0.722. The molecule has 0 bridgehead atoms. The average Bonchev–Trinajstić information content (AvgIpc) is 2.50. The third kappa shape index (κ3) is 2.15. The molecule has 2 rings (SSSR count). The highest BCUT2D eigenvalue weighted by molar-refractivity contribution is 6.29. The minimum atomic E-state index is 0.467. The number of imidazole rings is 1. The molecule has 0 aliphatic heterocycles. The maximum Gasteiger partial charge on any atom is 0.149 e. The summed E-state index contributed by atoms with van der Waals surface area (Å²) in [5.41, 5.74) is 2.15. The van der Waals surface area contributed by atoms with E-state index in [4.69, 9.17) is 11.6 Å². The fraction of sp³-hybridized carbons (Fsp3) is 0.300. The zero-order valence-corrected chi connectivity index (χ0v) is 9.36. The number of aryl methyl sites for hydroxylation is 1. The van der Waals surface area contributed by atoms with Gasteiger partial charge in [-0.2, -0.15) is 0 Å². The van der Waals surface area contributed by atoms with Gasteiger partial charge in [-0.15, -0.1) is 0 Å². The summed E-state index contributed by atoms with van der Waals surface area (Å²) < 4.78 is 2.00. The van der Waals surface area contributed by atoms with Crippen LogP contribution in [0.3, 0.4) is 0 Å². The number of halogens is 1. The third-order valence-electron chi connectivity index (χ3n) is 2.33. The Bertz CT molecular complexity index is 478. The van der Waals surface area contributed by atoms with E-state index in [0.29, 0.717) is 17.5 Å². The lowest BCUT2D eigenvalue weighted by Crippen LogP contribution is -2.04. The quantitative estimate of drug-likeness (QED) is 0.730. The summed E-state index contributed by atoms with van der Waals surface area (Å²) in [5, 5.41) is 0.467. The van der Waals surface area contributed by atoms with Crippen LogP contribution >= 0.6 is 11.6 Å². The monoisotopic (exact) mass is 222 g/mol. The molecule has 2 heterocycles. The van der Waals surface area contributed by atoms with Crippen molar-refractivity contribution in [3.8, 4) is 0 Å². The standard InChI is InChI=1S/C10H11ClN4/c1-7-8(2)15(6-13-7)5-10-12-4-3-9(11)14-10/h3-4,6H,5H2,1-2H3. The summed E-state index contributed by atoms with van der Waals surface area (Å²) in [6.07, 6.45) is 3.44. The lowest BCUT2D eigenvalue weighted by Gasteiger charge is -2.03. The maximum absolute atomic E-state index is 5.78. The SMILES string of the molecule is Cc1ncn(Cc2nccc(Cl)n2)c1C. The predicted octanol–water partition coefficient (Wildman–Crippen LogP) is 1.99. The molecule has 15 heavy (non-hydrogen) atoms. The summed E-state index contributed by atoms with van der Waals surface area (Å²) >= 11 is 5.78. The van der Waals surface area contributed by atoms with Gasteiger partial charge in [0.1, 0.15) is 11.0 Å². The molecular formula is C10H11ClN4. The van der Waals surface area contributed by atoms with Gasteiger partial charge in [0.25, 0.3) is 0 Å². The van der Waals surface area contributed by atoms with Crippen LogP contribution in [-0.2, 0) is 6.54 Å². The van der Waals surface area contributed by atoms with Gasteiger partial charge in [0.2, 0.25) is 0 Å². The molecular weight excluding hydrogens is 212 g/mol. The van der Waals surface area contributed by atoms with Crippen molar-refractivity contribution in [2.24, 2.45) is 0 Å². The van der Waals surface area contributed by atoms with Crippen molar-refractivity contribution in [2.75, 3.05) is 0 Å². The van der Waals surface area contributed by atoms with Crippen LogP contribution in [0.25, 0.3) is 0 Å². The topological polar surface area (TPSA) is 43.6 Å². The normalized spacial score (nSPS) is 10.6. The van der Waals surface area contributed by atoms with Crippen LogP contribution in [0.15, 0.2) is 18.6 Å². The molecule has 0 saturated heterocycles. The minimum Gasteiger partial charge on any atom is -0.327 e. The van der Waals surface area contributed by atoms with Crippen molar-refractivity contribution in [3.05, 3.63) is 41.0 Å². The Balaban J connectivity index is 2.26. The van der Waals surface area contributed by atoms with Gasteiger partial charge >= 0.3 is 0 Å². The van der Waals surface area contributed by atoms with Crippen LogP contribution < -0.4 is 0 Å². The first-order chi connectivity index (χ1) is 7.16. The summed E-state index contributed by atoms with van der Waals surface area (Å²) in [5.74, 6) is 0.697. The average molecular weight is 223 g/mol. The first kappa shape index (κ1) is 10.1. The van der Waals surface area contributed by atoms with E-state index in [9.17, 15) is 0 Å². The van der Waals surface area contributed by atoms with Crippen molar-refractivity contribution in [2.45, 2.75) is 20.4 Å². The number of nitrogens with zero attached hydrogens (tertiary/aromatic N) is 4. The van der Waals surface area contributed by atoms with Gasteiger partial charge in [0.05, 0.1) is 18.6 Å². The summed E-state index contributed by atoms with van der Waals surface area (Å²) in [6, 6.07) is 1.66. The first-order valence-electron chi connectivity index (χ1n) is 4.62. The molecule has 0 N–H and O–H groups in total. The van der Waals surface area contributed by atoms with E-state index in [1.54, 1.807) is 18.6 Å². The van der Waals surface area contributed by atoms with Crippen molar-refractivity contribution < 1.29 is 0 Å². The molecule has 0 fully saturated rings. The van der Waals surface area contributed by atoms with Crippen LogP contribution in [0.1, 0.15) is 17.2 Å². The smallest absolute Gasteiger partial charge is 0.149 e. The molecule has 0 unspecified atom stereocenters. The molecule has 4 nitrogen and oxygen atoms in total. The molecule has 78 valence electrons. The van der Waals surface area contributed by atoms with E-state index in [-0.39, 0.29) is 0 Å². The molecule has 0 atom stereocenters. The fourth-order valence-electron chi connectivity index (χ4n) is 1.31. The molecule has 0 radical (unpaired) electrons. The second-order valence-corrected chi connectivity index (χ2v) is 3.73. The predicted molar refractivity (Wildman–Crippen MR) is 57.8 cm³/mol. The highest BCUT2D eigenvalue weighted by atomic mass is 35.5. The largest absolute Gasteiger partial charge is 0.327 e. The van der Waals surface area contributed by atoms with Crippen LogP contribution in [0.4, 0.5) is 0 Å². The summed E-state index contributed by atoms with van der Waals surface area (Å²) in [7, 11) is 0. The Hall–Kier alpha value is -1.42. The molecule has 5 heteroatoms. The second kappa shape index (κ2) is 3.98. The van der Waals surface area contributed by atoms with Gasteiger partial charge in [-0.25, -0.2) is 15.0 Å². The van der Waals surface area contributed by atoms with Crippen molar-refractivity contribution in [1.29, 1.82) is 0 Å². The molecule has 0 aliphatic rings. The highest BCUT2D eigenvalue weighted by Crippen LogP contribution is 2.08. The minimum absolute atomic E-state index is 0.467. The number of hydrogen-bond donors (Lipinski definition) is 0.